The molecule has 0 fully saturated rings. The quantitative estimate of drug-likeness (QED) is 0.715. The summed E-state index contributed by atoms with van der Waals surface area (Å²) in [6.07, 6.45) is 6.63. The molecular weight excluding hydrogens is 192 g/mol. The summed E-state index contributed by atoms with van der Waals surface area (Å²) in [5.74, 6) is 0.614. The van der Waals surface area contributed by atoms with E-state index in [1.165, 1.54) is 24.0 Å². The van der Waals surface area contributed by atoms with Crippen LogP contribution in [0.3, 0.4) is 0 Å². The second kappa shape index (κ2) is 4.51. The third kappa shape index (κ3) is 2.22. The molecule has 0 radical (unpaired) electrons. The molecule has 82 valence electrons. The van der Waals surface area contributed by atoms with E-state index in [9.17, 15) is 4.79 Å². The van der Waals surface area contributed by atoms with Crippen molar-refractivity contribution in [3.05, 3.63) is 23.2 Å². The molecule has 3 heteroatoms. The second-order valence-electron chi connectivity index (χ2n) is 3.85. The lowest BCUT2D eigenvalue weighted by Gasteiger charge is -2.10. The highest BCUT2D eigenvalue weighted by atomic mass is 16.5. The zero-order chi connectivity index (χ0) is 10.7. The van der Waals surface area contributed by atoms with Gasteiger partial charge in [0, 0.05) is 0 Å². The predicted molar refractivity (Wildman–Crippen MR) is 55.7 cm³/mol. The van der Waals surface area contributed by atoms with Crippen molar-refractivity contribution in [1.29, 1.82) is 0 Å². The van der Waals surface area contributed by atoms with Gasteiger partial charge in [0.1, 0.15) is 12.2 Å². The number of ether oxygens (including phenoxy) is 1. The summed E-state index contributed by atoms with van der Waals surface area (Å²) in [4.78, 5) is 11.3. The number of furan rings is 1. The average Bonchev–Trinajstić information content (AvgIpc) is 2.62. The first kappa shape index (κ1) is 10.3. The van der Waals surface area contributed by atoms with Crippen LogP contribution >= 0.6 is 0 Å². The Morgan fingerprint density at radius 2 is 2.27 bits per heavy atom. The molecule has 0 amide bonds. The largest absolute Gasteiger partial charge is 0.468 e. The summed E-state index contributed by atoms with van der Waals surface area (Å²) in [5, 5.41) is 0. The van der Waals surface area contributed by atoms with Crippen LogP contribution < -0.4 is 0 Å². The smallest absolute Gasteiger partial charge is 0.313 e. The minimum Gasteiger partial charge on any atom is -0.468 e. The molecule has 1 aliphatic carbocycles. The van der Waals surface area contributed by atoms with Crippen LogP contribution in [0, 0.1) is 0 Å². The summed E-state index contributed by atoms with van der Waals surface area (Å²) < 4.78 is 10.3. The predicted octanol–water partition coefficient (Wildman–Crippen LogP) is 2.26. The lowest BCUT2D eigenvalue weighted by atomic mass is 9.93. The molecule has 2 rings (SSSR count). The third-order valence-corrected chi connectivity index (χ3v) is 2.80. The number of rotatable bonds is 3. The van der Waals surface area contributed by atoms with Crippen molar-refractivity contribution in [2.45, 2.75) is 39.0 Å². The number of carbonyl (C=O) groups excluding carboxylic acids is 1. The van der Waals surface area contributed by atoms with Gasteiger partial charge in [0.05, 0.1) is 12.9 Å². The fourth-order valence-corrected chi connectivity index (χ4v) is 2.08. The molecule has 0 saturated heterocycles. The molecule has 1 aliphatic rings. The normalized spacial score (nSPS) is 14.7. The van der Waals surface area contributed by atoms with Crippen LogP contribution in [0.4, 0.5) is 0 Å². The monoisotopic (exact) mass is 208 g/mol. The van der Waals surface area contributed by atoms with E-state index in [-0.39, 0.29) is 12.4 Å². The highest BCUT2D eigenvalue weighted by Gasteiger charge is 2.19. The fraction of sp³-hybridized carbons (Fsp3) is 0.583. The van der Waals surface area contributed by atoms with Crippen LogP contribution in [0.15, 0.2) is 10.7 Å². The molecule has 0 aliphatic heterocycles. The molecule has 0 bridgehead atoms. The third-order valence-electron chi connectivity index (χ3n) is 2.80. The van der Waals surface area contributed by atoms with Crippen LogP contribution in [0.2, 0.25) is 0 Å². The Bertz CT molecular complexity index is 352. The van der Waals surface area contributed by atoms with Gasteiger partial charge in [-0.2, -0.15) is 0 Å². The van der Waals surface area contributed by atoms with Crippen molar-refractivity contribution in [2.75, 3.05) is 6.61 Å². The SMILES string of the molecule is CCOC(=O)Cc1occ2c1CCCC2. The van der Waals surface area contributed by atoms with Crippen molar-refractivity contribution in [3.63, 3.8) is 0 Å². The lowest BCUT2D eigenvalue weighted by Crippen LogP contribution is -2.09. The van der Waals surface area contributed by atoms with Crippen molar-refractivity contribution in [1.82, 2.24) is 0 Å². The Morgan fingerprint density at radius 1 is 1.47 bits per heavy atom. The summed E-state index contributed by atoms with van der Waals surface area (Å²) in [5.41, 5.74) is 2.52. The van der Waals surface area contributed by atoms with Gasteiger partial charge < -0.3 is 9.15 Å². The minimum absolute atomic E-state index is 0.194. The molecule has 0 atom stereocenters. The summed E-state index contributed by atoms with van der Waals surface area (Å²) in [7, 11) is 0. The Kier molecular flexibility index (Phi) is 3.09. The van der Waals surface area contributed by atoms with E-state index in [2.05, 4.69) is 0 Å². The Morgan fingerprint density at radius 3 is 3.07 bits per heavy atom. The van der Waals surface area contributed by atoms with Gasteiger partial charge in [-0.15, -0.1) is 0 Å². The van der Waals surface area contributed by atoms with Crippen LogP contribution in [-0.2, 0) is 28.8 Å². The molecule has 0 N–H and O–H groups in total. The summed E-state index contributed by atoms with van der Waals surface area (Å²) in [6.45, 7) is 2.25. The van der Waals surface area contributed by atoms with Crippen LogP contribution in [-0.4, -0.2) is 12.6 Å². The molecule has 0 spiro atoms. The van der Waals surface area contributed by atoms with Gasteiger partial charge in [-0.05, 0) is 43.7 Å². The first-order valence-corrected chi connectivity index (χ1v) is 5.55. The zero-order valence-corrected chi connectivity index (χ0v) is 9.04. The Balaban J connectivity index is 2.08. The van der Waals surface area contributed by atoms with Crippen LogP contribution in [0.1, 0.15) is 36.7 Å². The maximum Gasteiger partial charge on any atom is 0.313 e. The molecule has 0 saturated carbocycles. The number of carbonyl (C=O) groups is 1. The van der Waals surface area contributed by atoms with E-state index >= 15 is 0 Å². The molecule has 1 aromatic heterocycles. The minimum atomic E-state index is -0.194. The first-order chi connectivity index (χ1) is 7.31. The van der Waals surface area contributed by atoms with E-state index in [1.807, 2.05) is 6.92 Å². The number of aryl methyl sites for hydroxylation is 1. The highest BCUT2D eigenvalue weighted by molar-refractivity contribution is 5.72. The second-order valence-corrected chi connectivity index (χ2v) is 3.85. The molecule has 0 aromatic carbocycles. The van der Waals surface area contributed by atoms with E-state index < -0.39 is 0 Å². The van der Waals surface area contributed by atoms with Gasteiger partial charge in [0.25, 0.3) is 0 Å². The maximum absolute atomic E-state index is 11.3. The number of hydrogen-bond donors (Lipinski definition) is 0. The standard InChI is InChI=1S/C12H16O3/c1-2-14-12(13)7-11-10-6-4-3-5-9(10)8-15-11/h8H,2-7H2,1H3. The average molecular weight is 208 g/mol. The van der Waals surface area contributed by atoms with E-state index in [0.29, 0.717) is 6.61 Å². The molecular formula is C12H16O3. The molecule has 3 nitrogen and oxygen atoms in total. The molecule has 15 heavy (non-hydrogen) atoms. The summed E-state index contributed by atoms with van der Waals surface area (Å²) in [6, 6.07) is 0. The van der Waals surface area contributed by atoms with Gasteiger partial charge in [-0.25, -0.2) is 0 Å². The first-order valence-electron chi connectivity index (χ1n) is 5.55. The van der Waals surface area contributed by atoms with Crippen LogP contribution in [0.5, 0.6) is 0 Å². The van der Waals surface area contributed by atoms with Gasteiger partial charge in [0.2, 0.25) is 0 Å². The van der Waals surface area contributed by atoms with E-state index in [0.717, 1.165) is 18.6 Å². The van der Waals surface area contributed by atoms with Gasteiger partial charge in [0.15, 0.2) is 0 Å². The molecule has 0 unspecified atom stereocenters. The maximum atomic E-state index is 11.3. The van der Waals surface area contributed by atoms with Crippen LogP contribution in [0.25, 0.3) is 0 Å². The summed E-state index contributed by atoms with van der Waals surface area (Å²) >= 11 is 0. The number of fused-ring (bicyclic) bond motifs is 1. The van der Waals surface area contributed by atoms with Crippen molar-refractivity contribution in [2.24, 2.45) is 0 Å². The Hall–Kier alpha value is -1.25. The molecule has 1 aromatic rings. The fourth-order valence-electron chi connectivity index (χ4n) is 2.08. The number of esters is 1. The van der Waals surface area contributed by atoms with E-state index in [4.69, 9.17) is 9.15 Å². The van der Waals surface area contributed by atoms with Crippen molar-refractivity contribution < 1.29 is 13.9 Å². The van der Waals surface area contributed by atoms with Gasteiger partial charge in [-0.3, -0.25) is 4.79 Å². The highest BCUT2D eigenvalue weighted by Crippen LogP contribution is 2.26. The molecule has 1 heterocycles. The topological polar surface area (TPSA) is 39.4 Å². The zero-order valence-electron chi connectivity index (χ0n) is 9.04. The van der Waals surface area contributed by atoms with Gasteiger partial charge in [-0.1, -0.05) is 0 Å². The van der Waals surface area contributed by atoms with E-state index in [1.54, 1.807) is 6.26 Å². The Labute approximate surface area is 89.4 Å². The lowest BCUT2D eigenvalue weighted by molar-refractivity contribution is -0.142. The number of hydrogen-bond acceptors (Lipinski definition) is 3. The van der Waals surface area contributed by atoms with Crippen molar-refractivity contribution in [3.8, 4) is 0 Å². The van der Waals surface area contributed by atoms with Gasteiger partial charge >= 0.3 is 5.97 Å². The van der Waals surface area contributed by atoms with Crippen molar-refractivity contribution >= 4 is 5.97 Å².